The fourth-order valence-electron chi connectivity index (χ4n) is 4.69. The van der Waals surface area contributed by atoms with Gasteiger partial charge in [-0.15, -0.1) is 0 Å². The summed E-state index contributed by atoms with van der Waals surface area (Å²) in [4.78, 5) is 17.0. The van der Waals surface area contributed by atoms with Gasteiger partial charge in [0.15, 0.2) is 0 Å². The largest absolute Gasteiger partial charge is 0.490 e. The number of carbonyl (C=O) groups is 1. The Bertz CT molecular complexity index is 700. The predicted octanol–water partition coefficient (Wildman–Crippen LogP) is 4.75. The molecule has 7 heteroatoms. The fourth-order valence-corrected chi connectivity index (χ4v) is 4.98. The van der Waals surface area contributed by atoms with Crippen molar-refractivity contribution in [3.63, 3.8) is 0 Å². The molecule has 0 aromatic heterocycles. The third-order valence-electron chi connectivity index (χ3n) is 6.36. The van der Waals surface area contributed by atoms with E-state index in [0.29, 0.717) is 16.0 Å². The van der Waals surface area contributed by atoms with E-state index in [1.807, 2.05) is 6.07 Å². The summed E-state index contributed by atoms with van der Waals surface area (Å²) in [5.41, 5.74) is 0. The molecule has 0 bridgehead atoms. The average Bonchev–Trinajstić information content (AvgIpc) is 2.73. The van der Waals surface area contributed by atoms with Gasteiger partial charge < -0.3 is 14.4 Å². The number of benzene rings is 1. The highest BCUT2D eigenvalue weighted by Crippen LogP contribution is 2.29. The van der Waals surface area contributed by atoms with Crippen molar-refractivity contribution in [3.8, 4) is 5.75 Å². The van der Waals surface area contributed by atoms with Gasteiger partial charge in [0.1, 0.15) is 17.9 Å². The second-order valence-corrected chi connectivity index (χ2v) is 9.70. The van der Waals surface area contributed by atoms with Crippen LogP contribution in [-0.4, -0.2) is 67.7 Å². The SMILES string of the molecule is COC(=O)[C@@H](C(C)C)N1CCC(CN2CCC(Oc3ccc(Cl)c(Cl)c3)CC2)CC1. The van der Waals surface area contributed by atoms with Crippen molar-refractivity contribution in [2.24, 2.45) is 11.8 Å². The van der Waals surface area contributed by atoms with E-state index in [1.54, 1.807) is 12.1 Å². The summed E-state index contributed by atoms with van der Waals surface area (Å²) in [5.74, 6) is 1.65. The lowest BCUT2D eigenvalue weighted by molar-refractivity contribution is -0.149. The molecule has 1 atom stereocenters. The molecule has 2 aliphatic rings. The average molecular weight is 457 g/mol. The lowest BCUT2D eigenvalue weighted by atomic mass is 9.92. The molecular formula is C23H34Cl2N2O3. The molecule has 30 heavy (non-hydrogen) atoms. The molecule has 0 N–H and O–H groups in total. The summed E-state index contributed by atoms with van der Waals surface area (Å²) in [6.07, 6.45) is 4.56. The molecule has 3 rings (SSSR count). The Morgan fingerprint density at radius 3 is 2.30 bits per heavy atom. The fraction of sp³-hybridized carbons (Fsp3) is 0.696. The van der Waals surface area contributed by atoms with Crippen molar-refractivity contribution in [2.75, 3.05) is 39.8 Å². The van der Waals surface area contributed by atoms with Crippen molar-refractivity contribution in [2.45, 2.75) is 51.7 Å². The quantitative estimate of drug-likeness (QED) is 0.553. The van der Waals surface area contributed by atoms with Crippen molar-refractivity contribution in [1.29, 1.82) is 0 Å². The van der Waals surface area contributed by atoms with Gasteiger partial charge in [0, 0.05) is 25.7 Å². The molecule has 1 aromatic carbocycles. The first-order chi connectivity index (χ1) is 14.4. The van der Waals surface area contributed by atoms with Gasteiger partial charge >= 0.3 is 5.97 Å². The number of nitrogens with zero attached hydrogens (tertiary/aromatic N) is 2. The third-order valence-corrected chi connectivity index (χ3v) is 7.10. The van der Waals surface area contributed by atoms with Gasteiger partial charge in [0.2, 0.25) is 0 Å². The molecule has 2 aliphatic heterocycles. The molecule has 2 fully saturated rings. The van der Waals surface area contributed by atoms with Gasteiger partial charge in [0.25, 0.3) is 0 Å². The molecule has 2 heterocycles. The summed E-state index contributed by atoms with van der Waals surface area (Å²) >= 11 is 12.1. The molecule has 0 saturated carbocycles. The van der Waals surface area contributed by atoms with Crippen LogP contribution in [0, 0.1) is 11.8 Å². The van der Waals surface area contributed by atoms with Crippen LogP contribution < -0.4 is 4.74 Å². The van der Waals surface area contributed by atoms with Crippen molar-refractivity contribution >= 4 is 29.2 Å². The summed E-state index contributed by atoms with van der Waals surface area (Å²) in [6.45, 7) is 9.39. The Hall–Kier alpha value is -1.01. The second-order valence-electron chi connectivity index (χ2n) is 8.89. The van der Waals surface area contributed by atoms with E-state index >= 15 is 0 Å². The first kappa shape index (κ1) is 23.6. The van der Waals surface area contributed by atoms with Crippen LogP contribution in [0.25, 0.3) is 0 Å². The zero-order chi connectivity index (χ0) is 21.7. The zero-order valence-electron chi connectivity index (χ0n) is 18.3. The number of piperidine rings is 2. The van der Waals surface area contributed by atoms with Gasteiger partial charge in [-0.1, -0.05) is 37.0 Å². The Morgan fingerprint density at radius 2 is 1.73 bits per heavy atom. The van der Waals surface area contributed by atoms with Crippen LogP contribution in [0.4, 0.5) is 0 Å². The lowest BCUT2D eigenvalue weighted by Gasteiger charge is -2.40. The molecule has 168 valence electrons. The summed E-state index contributed by atoms with van der Waals surface area (Å²) in [5, 5.41) is 1.08. The highest BCUT2D eigenvalue weighted by Gasteiger charge is 2.33. The molecular weight excluding hydrogens is 423 g/mol. The standard InChI is InChI=1S/C23H34Cl2N2O3/c1-16(2)22(23(28)29-3)27-12-6-17(7-13-27)15-26-10-8-18(9-11-26)30-19-4-5-20(24)21(25)14-19/h4-5,14,16-18,22H,6-13,15H2,1-3H3/t22-/m1/s1. The van der Waals surface area contributed by atoms with Crippen LogP contribution in [0.2, 0.25) is 10.0 Å². The highest BCUT2D eigenvalue weighted by atomic mass is 35.5. The molecule has 0 unspecified atom stereocenters. The van der Waals surface area contributed by atoms with E-state index in [-0.39, 0.29) is 24.0 Å². The van der Waals surface area contributed by atoms with Crippen molar-refractivity contribution < 1.29 is 14.3 Å². The number of hydrogen-bond donors (Lipinski definition) is 0. The summed E-state index contributed by atoms with van der Waals surface area (Å²) in [7, 11) is 1.49. The lowest BCUT2D eigenvalue weighted by Crippen LogP contribution is -2.50. The van der Waals surface area contributed by atoms with Crippen molar-refractivity contribution in [3.05, 3.63) is 28.2 Å². The minimum absolute atomic E-state index is 0.104. The monoisotopic (exact) mass is 456 g/mol. The number of esters is 1. The third kappa shape index (κ3) is 6.25. The Kier molecular flexibility index (Phi) is 8.70. The van der Waals surface area contributed by atoms with E-state index in [1.165, 1.54) is 7.11 Å². The van der Waals surface area contributed by atoms with E-state index in [0.717, 1.165) is 64.2 Å². The number of carbonyl (C=O) groups excluding carboxylic acids is 1. The number of likely N-dealkylation sites (tertiary alicyclic amines) is 2. The second kappa shape index (κ2) is 11.0. The van der Waals surface area contributed by atoms with Crippen LogP contribution >= 0.6 is 23.2 Å². The molecule has 0 amide bonds. The summed E-state index contributed by atoms with van der Waals surface area (Å²) in [6, 6.07) is 5.34. The first-order valence-corrected chi connectivity index (χ1v) is 11.8. The van der Waals surface area contributed by atoms with E-state index < -0.39 is 0 Å². The molecule has 1 aromatic rings. The van der Waals surface area contributed by atoms with Crippen LogP contribution in [0.5, 0.6) is 5.75 Å². The smallest absolute Gasteiger partial charge is 0.323 e. The minimum Gasteiger partial charge on any atom is -0.490 e. The molecule has 5 nitrogen and oxygen atoms in total. The zero-order valence-corrected chi connectivity index (χ0v) is 19.8. The van der Waals surface area contributed by atoms with E-state index in [2.05, 4.69) is 23.6 Å². The first-order valence-electron chi connectivity index (χ1n) is 11.0. The van der Waals surface area contributed by atoms with Crippen LogP contribution in [0.3, 0.4) is 0 Å². The maximum absolute atomic E-state index is 12.2. The highest BCUT2D eigenvalue weighted by molar-refractivity contribution is 6.42. The van der Waals surface area contributed by atoms with E-state index in [4.69, 9.17) is 32.7 Å². The Morgan fingerprint density at radius 1 is 1.07 bits per heavy atom. The maximum Gasteiger partial charge on any atom is 0.323 e. The number of hydrogen-bond acceptors (Lipinski definition) is 5. The molecule has 2 saturated heterocycles. The van der Waals surface area contributed by atoms with Crippen molar-refractivity contribution in [1.82, 2.24) is 9.80 Å². The maximum atomic E-state index is 12.2. The Labute approximate surface area is 190 Å². The van der Waals surface area contributed by atoms with Gasteiger partial charge in [-0.05, 0) is 62.7 Å². The number of rotatable bonds is 7. The molecule has 0 radical (unpaired) electrons. The van der Waals surface area contributed by atoms with Crippen LogP contribution in [0.15, 0.2) is 18.2 Å². The summed E-state index contributed by atoms with van der Waals surface area (Å²) < 4.78 is 11.1. The van der Waals surface area contributed by atoms with Gasteiger partial charge in [-0.2, -0.15) is 0 Å². The predicted molar refractivity (Wildman–Crippen MR) is 121 cm³/mol. The Balaban J connectivity index is 1.40. The molecule has 0 spiro atoms. The molecule has 0 aliphatic carbocycles. The van der Waals surface area contributed by atoms with Crippen LogP contribution in [0.1, 0.15) is 39.5 Å². The topological polar surface area (TPSA) is 42.0 Å². The van der Waals surface area contributed by atoms with E-state index in [9.17, 15) is 4.79 Å². The van der Waals surface area contributed by atoms with Gasteiger partial charge in [0.05, 0.1) is 17.2 Å². The number of methoxy groups -OCH3 is 1. The minimum atomic E-state index is -0.120. The van der Waals surface area contributed by atoms with Gasteiger partial charge in [-0.25, -0.2) is 0 Å². The van der Waals surface area contributed by atoms with Crippen LogP contribution in [-0.2, 0) is 9.53 Å². The normalized spacial score (nSPS) is 21.0. The number of halogens is 2. The number of ether oxygens (including phenoxy) is 2. The van der Waals surface area contributed by atoms with Gasteiger partial charge in [-0.3, -0.25) is 9.69 Å².